The summed E-state index contributed by atoms with van der Waals surface area (Å²) < 4.78 is 0. The van der Waals surface area contributed by atoms with Crippen LogP contribution in [0.5, 0.6) is 0 Å². The number of rotatable bonds is 2. The molecule has 0 aliphatic rings. The summed E-state index contributed by atoms with van der Waals surface area (Å²) in [6, 6.07) is 7.94. The topological polar surface area (TPSA) is 29.0 Å². The molecule has 0 aliphatic heterocycles. The third kappa shape index (κ3) is 1.88. The lowest BCUT2D eigenvalue weighted by Gasteiger charge is -2.14. The van der Waals surface area contributed by atoms with Gasteiger partial charge >= 0.3 is 0 Å². The van der Waals surface area contributed by atoms with E-state index in [4.69, 9.17) is 11.6 Å². The molecule has 0 bridgehead atoms. The van der Waals surface area contributed by atoms with Gasteiger partial charge in [0.2, 0.25) is 0 Å². The highest BCUT2D eigenvalue weighted by Crippen LogP contribution is 2.22. The predicted molar refractivity (Wildman–Crippen MR) is 63.4 cm³/mol. The summed E-state index contributed by atoms with van der Waals surface area (Å²) in [5.74, 6) is 1.92. The standard InChI is InChI=1S/C11H12ClN3/c1-15(2)11-8-5-3-4-6-9(8)13-10(7-12)14-11/h3-6H,7H2,1-2H3. The third-order valence-electron chi connectivity index (χ3n) is 2.17. The van der Waals surface area contributed by atoms with Crippen LogP contribution in [0.15, 0.2) is 24.3 Å². The minimum absolute atomic E-state index is 0.339. The van der Waals surface area contributed by atoms with E-state index in [1.54, 1.807) is 0 Å². The number of nitrogens with zero attached hydrogens (tertiary/aromatic N) is 3. The number of halogens is 1. The third-order valence-corrected chi connectivity index (χ3v) is 2.41. The minimum Gasteiger partial charge on any atom is -0.362 e. The quantitative estimate of drug-likeness (QED) is 0.730. The van der Waals surface area contributed by atoms with E-state index in [1.807, 2.05) is 43.3 Å². The molecule has 0 unspecified atom stereocenters. The number of fused-ring (bicyclic) bond motifs is 1. The Bertz CT molecular complexity index is 482. The number of para-hydroxylation sites is 1. The van der Waals surface area contributed by atoms with Crippen LogP contribution in [0, 0.1) is 0 Å². The van der Waals surface area contributed by atoms with Crippen molar-refractivity contribution in [3.8, 4) is 0 Å². The second kappa shape index (κ2) is 4.03. The Morgan fingerprint density at radius 2 is 1.93 bits per heavy atom. The van der Waals surface area contributed by atoms with Crippen molar-refractivity contribution in [2.45, 2.75) is 5.88 Å². The zero-order valence-corrected chi connectivity index (χ0v) is 9.49. The second-order valence-corrected chi connectivity index (χ2v) is 3.78. The molecule has 0 atom stereocenters. The highest BCUT2D eigenvalue weighted by Gasteiger charge is 2.07. The van der Waals surface area contributed by atoms with Crippen LogP contribution in [0.3, 0.4) is 0 Å². The molecule has 15 heavy (non-hydrogen) atoms. The number of hydrogen-bond donors (Lipinski definition) is 0. The van der Waals surface area contributed by atoms with Gasteiger partial charge in [-0.25, -0.2) is 9.97 Å². The first-order valence-corrected chi connectivity index (χ1v) is 5.25. The zero-order chi connectivity index (χ0) is 10.8. The summed E-state index contributed by atoms with van der Waals surface area (Å²) in [6.45, 7) is 0. The summed E-state index contributed by atoms with van der Waals surface area (Å²) in [5, 5.41) is 1.05. The van der Waals surface area contributed by atoms with Gasteiger partial charge in [0.1, 0.15) is 11.6 Å². The van der Waals surface area contributed by atoms with Crippen molar-refractivity contribution in [1.82, 2.24) is 9.97 Å². The van der Waals surface area contributed by atoms with Crippen LogP contribution in [-0.4, -0.2) is 24.1 Å². The van der Waals surface area contributed by atoms with Gasteiger partial charge in [-0.15, -0.1) is 11.6 Å². The van der Waals surface area contributed by atoms with Gasteiger partial charge in [0.25, 0.3) is 0 Å². The molecule has 0 radical (unpaired) electrons. The van der Waals surface area contributed by atoms with Gasteiger partial charge in [-0.1, -0.05) is 12.1 Å². The van der Waals surface area contributed by atoms with Crippen LogP contribution in [0.25, 0.3) is 10.9 Å². The number of benzene rings is 1. The van der Waals surface area contributed by atoms with E-state index in [0.717, 1.165) is 16.7 Å². The van der Waals surface area contributed by atoms with Crippen LogP contribution in [0.1, 0.15) is 5.82 Å². The minimum atomic E-state index is 0.339. The first-order valence-electron chi connectivity index (χ1n) is 4.71. The number of anilines is 1. The number of alkyl halides is 1. The second-order valence-electron chi connectivity index (χ2n) is 3.51. The lowest BCUT2D eigenvalue weighted by atomic mass is 10.2. The van der Waals surface area contributed by atoms with Crippen molar-refractivity contribution < 1.29 is 0 Å². The highest BCUT2D eigenvalue weighted by molar-refractivity contribution is 6.16. The Balaban J connectivity index is 2.74. The summed E-state index contributed by atoms with van der Waals surface area (Å²) in [4.78, 5) is 10.7. The maximum absolute atomic E-state index is 5.76. The lowest BCUT2D eigenvalue weighted by molar-refractivity contribution is 1.00. The molecule has 0 amide bonds. The van der Waals surface area contributed by atoms with E-state index in [9.17, 15) is 0 Å². The molecule has 0 fully saturated rings. The van der Waals surface area contributed by atoms with Crippen molar-refractivity contribution in [3.05, 3.63) is 30.1 Å². The first kappa shape index (κ1) is 10.2. The Morgan fingerprint density at radius 1 is 1.20 bits per heavy atom. The molecule has 2 rings (SSSR count). The van der Waals surface area contributed by atoms with E-state index < -0.39 is 0 Å². The zero-order valence-electron chi connectivity index (χ0n) is 8.74. The number of hydrogen-bond acceptors (Lipinski definition) is 3. The molecule has 0 saturated carbocycles. The molecule has 4 heteroatoms. The van der Waals surface area contributed by atoms with E-state index in [0.29, 0.717) is 11.7 Å². The largest absolute Gasteiger partial charge is 0.362 e. The summed E-state index contributed by atoms with van der Waals surface area (Å²) >= 11 is 5.76. The molecule has 1 aromatic heterocycles. The molecule has 2 aromatic rings. The van der Waals surface area contributed by atoms with E-state index in [1.165, 1.54) is 0 Å². The van der Waals surface area contributed by atoms with Crippen LogP contribution < -0.4 is 4.90 Å². The van der Waals surface area contributed by atoms with Gasteiger partial charge in [0.05, 0.1) is 11.4 Å². The summed E-state index contributed by atoms with van der Waals surface area (Å²) in [7, 11) is 3.93. The molecule has 3 nitrogen and oxygen atoms in total. The predicted octanol–water partition coefficient (Wildman–Crippen LogP) is 2.43. The van der Waals surface area contributed by atoms with Gasteiger partial charge in [-0.05, 0) is 12.1 Å². The summed E-state index contributed by atoms with van der Waals surface area (Å²) in [6.07, 6.45) is 0. The smallest absolute Gasteiger partial charge is 0.146 e. The van der Waals surface area contributed by atoms with E-state index >= 15 is 0 Å². The molecule has 1 heterocycles. The van der Waals surface area contributed by atoms with Crippen LogP contribution in [0.2, 0.25) is 0 Å². The first-order chi connectivity index (χ1) is 7.22. The molecule has 78 valence electrons. The maximum Gasteiger partial charge on any atom is 0.146 e. The molecule has 1 aromatic carbocycles. The van der Waals surface area contributed by atoms with Crippen LogP contribution in [-0.2, 0) is 5.88 Å². The maximum atomic E-state index is 5.76. The van der Waals surface area contributed by atoms with Gasteiger partial charge < -0.3 is 4.90 Å². The number of aromatic nitrogens is 2. The Morgan fingerprint density at radius 3 is 2.60 bits per heavy atom. The molecule has 0 spiro atoms. The average molecular weight is 222 g/mol. The Labute approximate surface area is 93.7 Å². The van der Waals surface area contributed by atoms with Crippen LogP contribution >= 0.6 is 11.6 Å². The van der Waals surface area contributed by atoms with Gasteiger partial charge in [0.15, 0.2) is 0 Å². The Kier molecular flexibility index (Phi) is 2.73. The van der Waals surface area contributed by atoms with Crippen LogP contribution in [0.4, 0.5) is 5.82 Å². The molecular weight excluding hydrogens is 210 g/mol. The SMILES string of the molecule is CN(C)c1nc(CCl)nc2ccccc12. The van der Waals surface area contributed by atoms with Gasteiger partial charge in [-0.3, -0.25) is 0 Å². The molecule has 0 N–H and O–H groups in total. The summed E-state index contributed by atoms with van der Waals surface area (Å²) in [5.41, 5.74) is 0.937. The fourth-order valence-electron chi connectivity index (χ4n) is 1.51. The van der Waals surface area contributed by atoms with E-state index in [-0.39, 0.29) is 0 Å². The Hall–Kier alpha value is -1.35. The van der Waals surface area contributed by atoms with Crippen molar-refractivity contribution in [3.63, 3.8) is 0 Å². The van der Waals surface area contributed by atoms with Crippen molar-refractivity contribution >= 4 is 28.3 Å². The van der Waals surface area contributed by atoms with E-state index in [2.05, 4.69) is 9.97 Å². The molecule has 0 saturated heterocycles. The highest BCUT2D eigenvalue weighted by atomic mass is 35.5. The van der Waals surface area contributed by atoms with Gasteiger partial charge in [-0.2, -0.15) is 0 Å². The monoisotopic (exact) mass is 221 g/mol. The van der Waals surface area contributed by atoms with Crippen molar-refractivity contribution in [1.29, 1.82) is 0 Å². The fraction of sp³-hybridized carbons (Fsp3) is 0.273. The fourth-order valence-corrected chi connectivity index (χ4v) is 1.63. The lowest BCUT2D eigenvalue weighted by Crippen LogP contribution is -2.12. The average Bonchev–Trinajstić information content (AvgIpc) is 2.27. The van der Waals surface area contributed by atoms with Crippen molar-refractivity contribution in [2.24, 2.45) is 0 Å². The molecular formula is C11H12ClN3. The van der Waals surface area contributed by atoms with Gasteiger partial charge in [0, 0.05) is 19.5 Å². The van der Waals surface area contributed by atoms with Crippen molar-refractivity contribution in [2.75, 3.05) is 19.0 Å². The molecule has 0 aliphatic carbocycles. The normalized spacial score (nSPS) is 10.6.